The summed E-state index contributed by atoms with van der Waals surface area (Å²) in [6.07, 6.45) is 0. The van der Waals surface area contributed by atoms with Crippen LogP contribution in [0.5, 0.6) is 23.0 Å². The summed E-state index contributed by atoms with van der Waals surface area (Å²) in [7, 11) is 0. The molecule has 15 nitrogen and oxygen atoms in total. The maximum atomic E-state index is 13.3. The Kier molecular flexibility index (Phi) is 14.5. The second kappa shape index (κ2) is 16.8. The number of aliphatic carboxylic acids is 4. The normalized spacial score (nSPS) is 13.1. The van der Waals surface area contributed by atoms with E-state index in [-0.39, 0.29) is 153 Å². The molecular weight excluding hydrogens is 665 g/mol. The Morgan fingerprint density at radius 2 is 1.02 bits per heavy atom. The fourth-order valence-electron chi connectivity index (χ4n) is 5.66. The number of phenols is 2. The molecule has 0 aromatic heterocycles. The molecule has 0 saturated carbocycles. The van der Waals surface area contributed by atoms with Gasteiger partial charge in [-0.2, -0.15) is 0 Å². The van der Waals surface area contributed by atoms with Gasteiger partial charge in [0.05, 0.1) is 31.7 Å². The van der Waals surface area contributed by atoms with E-state index in [4.69, 9.17) is 9.47 Å². The first-order valence-corrected chi connectivity index (χ1v) is 13.3. The zero-order valence-electron chi connectivity index (χ0n) is 26.3. The summed E-state index contributed by atoms with van der Waals surface area (Å²) in [5.41, 5.74) is -0.636. The number of hydrogen-bond acceptors (Lipinski definition) is 11. The molecule has 0 unspecified atom stereocenters. The molecular formula is C30H26N2Na3O13. The van der Waals surface area contributed by atoms with E-state index in [9.17, 15) is 54.6 Å². The number of rotatable bonds is 12. The molecule has 3 aromatic carbocycles. The number of carbonyl (C=O) groups excluding carboxylic acids is 1. The first-order chi connectivity index (χ1) is 21.3. The number of carboxylic acids is 4. The minimum Gasteiger partial charge on any atom is -0.507 e. The van der Waals surface area contributed by atoms with Gasteiger partial charge >= 0.3 is 29.8 Å². The smallest absolute Gasteiger partial charge is 0.340 e. The first kappa shape index (κ1) is 41.5. The van der Waals surface area contributed by atoms with Gasteiger partial charge in [0.15, 0.2) is 5.60 Å². The van der Waals surface area contributed by atoms with Crippen LogP contribution in [0.1, 0.15) is 38.2 Å². The Labute approximate surface area is 338 Å². The van der Waals surface area contributed by atoms with Crippen LogP contribution in [0.4, 0.5) is 0 Å². The number of carboxylic acid groups (broad SMARTS) is 4. The molecule has 2 heterocycles. The van der Waals surface area contributed by atoms with Gasteiger partial charge in [0.1, 0.15) is 23.0 Å². The summed E-state index contributed by atoms with van der Waals surface area (Å²) >= 11 is 0. The zero-order valence-corrected chi connectivity index (χ0v) is 32.3. The van der Waals surface area contributed by atoms with Gasteiger partial charge in [-0.05, 0) is 18.2 Å². The van der Waals surface area contributed by atoms with E-state index in [1.165, 1.54) is 30.3 Å². The van der Waals surface area contributed by atoms with Crippen LogP contribution in [0, 0.1) is 0 Å². The number of aromatic hydroxyl groups is 2. The van der Waals surface area contributed by atoms with Crippen molar-refractivity contribution in [2.75, 3.05) is 26.2 Å². The Balaban J connectivity index is 0.00000267. The average molecular weight is 692 g/mol. The van der Waals surface area contributed by atoms with Crippen LogP contribution in [0.3, 0.4) is 0 Å². The molecule has 18 heteroatoms. The number of esters is 1. The van der Waals surface area contributed by atoms with Crippen LogP contribution < -0.4 is 4.74 Å². The predicted molar refractivity (Wildman–Crippen MR) is 166 cm³/mol. The Bertz CT molecular complexity index is 1640. The van der Waals surface area contributed by atoms with Gasteiger partial charge in [-0.3, -0.25) is 29.0 Å². The SMILES string of the molecule is O=C(O)CN(CC(=O)O)Cc1cc2c(cc1O)Oc1cc(O)c(CN(CC(=O)O)CC(=O)O)cc1C21OC(=O)c2ccccc21.[Na].[Na].[Na]. The van der Waals surface area contributed by atoms with Crippen molar-refractivity contribution in [3.05, 3.63) is 81.9 Å². The summed E-state index contributed by atoms with van der Waals surface area (Å²) in [5, 5.41) is 59.0. The van der Waals surface area contributed by atoms with Crippen molar-refractivity contribution in [3.63, 3.8) is 0 Å². The van der Waals surface area contributed by atoms with Crippen molar-refractivity contribution < 1.29 is 64.1 Å². The predicted octanol–water partition coefficient (Wildman–Crippen LogP) is 0.466. The van der Waals surface area contributed by atoms with E-state index >= 15 is 0 Å². The molecule has 48 heavy (non-hydrogen) atoms. The average Bonchev–Trinajstić information content (AvgIpc) is 3.22. The van der Waals surface area contributed by atoms with E-state index in [0.717, 1.165) is 9.80 Å². The van der Waals surface area contributed by atoms with Crippen molar-refractivity contribution in [1.82, 2.24) is 9.80 Å². The van der Waals surface area contributed by atoms with E-state index in [0.29, 0.717) is 5.56 Å². The minimum atomic E-state index is -1.75. The topological polar surface area (TPSA) is 232 Å². The number of benzene rings is 3. The third-order valence-corrected chi connectivity index (χ3v) is 7.34. The largest absolute Gasteiger partial charge is 0.507 e. The molecule has 0 aliphatic carbocycles. The molecule has 0 atom stereocenters. The summed E-state index contributed by atoms with van der Waals surface area (Å²) in [5.74, 6) is -6.62. The van der Waals surface area contributed by atoms with Gasteiger partial charge in [-0.25, -0.2) is 4.79 Å². The number of nitrogens with zero attached hydrogens (tertiary/aromatic N) is 2. The monoisotopic (exact) mass is 691 g/mol. The molecule has 5 rings (SSSR count). The molecule has 1 spiro atoms. The molecule has 2 aliphatic heterocycles. The van der Waals surface area contributed by atoms with Crippen LogP contribution in [-0.2, 0) is 42.6 Å². The second-order valence-corrected chi connectivity index (χ2v) is 10.5. The van der Waals surface area contributed by atoms with Crippen molar-refractivity contribution in [2.24, 2.45) is 0 Å². The van der Waals surface area contributed by atoms with Crippen molar-refractivity contribution >= 4 is 119 Å². The third kappa shape index (κ3) is 8.54. The van der Waals surface area contributed by atoms with Crippen LogP contribution in [0.2, 0.25) is 0 Å². The van der Waals surface area contributed by atoms with Gasteiger partial charge in [0, 0.05) is 142 Å². The Morgan fingerprint density at radius 3 is 1.42 bits per heavy atom. The fourth-order valence-corrected chi connectivity index (χ4v) is 5.66. The van der Waals surface area contributed by atoms with Crippen molar-refractivity contribution in [1.29, 1.82) is 0 Å². The third-order valence-electron chi connectivity index (χ3n) is 7.34. The number of ether oxygens (including phenoxy) is 2. The Morgan fingerprint density at radius 1 is 0.625 bits per heavy atom. The number of phenolic OH excluding ortho intramolecular Hbond substituents is 2. The van der Waals surface area contributed by atoms with Gasteiger partial charge < -0.3 is 40.1 Å². The maximum absolute atomic E-state index is 13.3. The maximum Gasteiger partial charge on any atom is 0.340 e. The van der Waals surface area contributed by atoms with Gasteiger partial charge in [-0.15, -0.1) is 0 Å². The van der Waals surface area contributed by atoms with Crippen LogP contribution in [-0.4, -0.2) is 185 Å². The molecule has 0 bridgehead atoms. The second-order valence-electron chi connectivity index (χ2n) is 10.5. The molecule has 0 fully saturated rings. The van der Waals surface area contributed by atoms with Gasteiger partial charge in [0.25, 0.3) is 0 Å². The van der Waals surface area contributed by atoms with Crippen molar-refractivity contribution in [2.45, 2.75) is 18.7 Å². The van der Waals surface area contributed by atoms with Crippen LogP contribution in [0.25, 0.3) is 0 Å². The molecule has 2 aliphatic rings. The number of fused-ring (bicyclic) bond motifs is 6. The quantitative estimate of drug-likeness (QED) is 0.112. The first-order valence-electron chi connectivity index (χ1n) is 13.3. The van der Waals surface area contributed by atoms with Crippen LogP contribution in [0.15, 0.2) is 48.5 Å². The Hall–Kier alpha value is -2.67. The van der Waals surface area contributed by atoms with Crippen molar-refractivity contribution in [3.8, 4) is 23.0 Å². The molecule has 237 valence electrons. The standard InChI is InChI=1S/C30H26N2O13.3Na/c33-21-7-23-19(5-15(21)9-31(11-25(35)36)12-26(37)38)30(18-4-2-1-3-17(18)29(43)45-30)20-6-16(22(34)8-24(20)44-23)10-32(13-27(39)40)14-28(41)42;;;/h1-8,33-34H,9-14H2,(H,35,36)(H,37,38)(H,39,40)(H,41,42);;;. The van der Waals surface area contributed by atoms with Crippen LogP contribution >= 0.6 is 0 Å². The van der Waals surface area contributed by atoms with Gasteiger partial charge in [-0.1, -0.05) is 18.2 Å². The fraction of sp³-hybridized carbons (Fsp3) is 0.233. The van der Waals surface area contributed by atoms with E-state index in [1.54, 1.807) is 18.2 Å². The summed E-state index contributed by atoms with van der Waals surface area (Å²) in [6.45, 7) is -3.27. The van der Waals surface area contributed by atoms with E-state index in [1.807, 2.05) is 0 Å². The van der Waals surface area contributed by atoms with Gasteiger partial charge in [0.2, 0.25) is 0 Å². The van der Waals surface area contributed by atoms with E-state index in [2.05, 4.69) is 0 Å². The number of hydrogen-bond donors (Lipinski definition) is 6. The molecule has 0 saturated heterocycles. The summed E-state index contributed by atoms with van der Waals surface area (Å²) in [4.78, 5) is 61.0. The molecule has 6 N–H and O–H groups in total. The number of carbonyl (C=O) groups is 5. The summed E-state index contributed by atoms with van der Waals surface area (Å²) in [6, 6.07) is 11.7. The summed E-state index contributed by atoms with van der Waals surface area (Å²) < 4.78 is 12.1. The molecule has 0 amide bonds. The molecule has 3 radical (unpaired) electrons. The molecule has 3 aromatic rings. The zero-order chi connectivity index (χ0) is 32.6. The minimum absolute atomic E-state index is 0. The van der Waals surface area contributed by atoms with E-state index < -0.39 is 61.6 Å².